The maximum Gasteiger partial charge on any atom is 0.322 e. The van der Waals surface area contributed by atoms with E-state index in [1.807, 2.05) is 18.7 Å². The van der Waals surface area contributed by atoms with Crippen LogP contribution in [0.25, 0.3) is 0 Å². The number of hydrogen-bond donors (Lipinski definition) is 2. The number of carboxylic acids is 1. The zero-order chi connectivity index (χ0) is 16.8. The minimum atomic E-state index is -1.04. The molecule has 0 aliphatic heterocycles. The van der Waals surface area contributed by atoms with Crippen molar-refractivity contribution in [3.8, 4) is 0 Å². The van der Waals surface area contributed by atoms with Gasteiger partial charge >= 0.3 is 5.97 Å². The Morgan fingerprint density at radius 2 is 1.77 bits per heavy atom. The normalized spacial score (nSPS) is 11.1. The lowest BCUT2D eigenvalue weighted by molar-refractivity contribution is -0.138. The van der Waals surface area contributed by atoms with Crippen LogP contribution in [0.1, 0.15) is 33.6 Å². The Kier molecular flexibility index (Phi) is 13.4. The molecule has 0 fully saturated rings. The number of nitrogens with one attached hydrogen (secondary N) is 1. The van der Waals surface area contributed by atoms with Crippen LogP contribution < -0.4 is 5.32 Å². The number of amides is 1. The van der Waals surface area contributed by atoms with E-state index in [1.54, 1.807) is 0 Å². The van der Waals surface area contributed by atoms with Crippen LogP contribution >= 0.6 is 8.38 Å². The molecule has 0 rings (SSSR count). The van der Waals surface area contributed by atoms with Gasteiger partial charge in [0.1, 0.15) is 6.54 Å². The highest BCUT2D eigenvalue weighted by atomic mass is 31.2. The highest BCUT2D eigenvalue weighted by molar-refractivity contribution is 7.47. The third-order valence-electron chi connectivity index (χ3n) is 2.78. The van der Waals surface area contributed by atoms with Crippen molar-refractivity contribution in [1.29, 1.82) is 0 Å². The molecular formula is C14H29N2O5P. The van der Waals surface area contributed by atoms with Gasteiger partial charge in [-0.2, -0.15) is 0 Å². The third-order valence-corrected chi connectivity index (χ3v) is 4.43. The first kappa shape index (κ1) is 21.2. The fourth-order valence-corrected chi connectivity index (χ4v) is 3.12. The summed E-state index contributed by atoms with van der Waals surface area (Å²) in [5.74, 6) is -1.31. The quantitative estimate of drug-likeness (QED) is 0.469. The summed E-state index contributed by atoms with van der Waals surface area (Å²) in [6.07, 6.45) is 2.78. The monoisotopic (exact) mass is 336 g/mol. The molecule has 0 heterocycles. The first-order valence-electron chi connectivity index (χ1n) is 7.77. The number of nitrogens with zero attached hydrogens (tertiary/aromatic N) is 1. The SMILES string of the molecule is CCCCN(CCP(OCC)OCC)CC(=O)NCC(=O)O. The fourth-order valence-electron chi connectivity index (χ4n) is 1.76. The molecule has 0 aromatic heterocycles. The molecule has 22 heavy (non-hydrogen) atoms. The number of carbonyl (C=O) groups excluding carboxylic acids is 1. The minimum Gasteiger partial charge on any atom is -0.480 e. The second-order valence-electron chi connectivity index (χ2n) is 4.69. The zero-order valence-electron chi connectivity index (χ0n) is 13.8. The zero-order valence-corrected chi connectivity index (χ0v) is 14.7. The van der Waals surface area contributed by atoms with Crippen molar-refractivity contribution in [3.63, 3.8) is 0 Å². The average Bonchev–Trinajstić information content (AvgIpc) is 2.48. The molecule has 130 valence electrons. The number of rotatable bonds is 14. The van der Waals surface area contributed by atoms with E-state index in [4.69, 9.17) is 14.2 Å². The van der Waals surface area contributed by atoms with Crippen LogP contribution in [0.15, 0.2) is 0 Å². The summed E-state index contributed by atoms with van der Waals surface area (Å²) in [7, 11) is -0.919. The van der Waals surface area contributed by atoms with Crippen LogP contribution in [0, 0.1) is 0 Å². The van der Waals surface area contributed by atoms with Crippen LogP contribution in [0.4, 0.5) is 0 Å². The minimum absolute atomic E-state index is 0.203. The maximum atomic E-state index is 11.7. The van der Waals surface area contributed by atoms with Crippen LogP contribution in [-0.2, 0) is 18.6 Å². The molecule has 0 aliphatic rings. The maximum absolute atomic E-state index is 11.7. The topological polar surface area (TPSA) is 88.1 Å². The van der Waals surface area contributed by atoms with Gasteiger partial charge in [-0.05, 0) is 26.8 Å². The van der Waals surface area contributed by atoms with E-state index in [0.29, 0.717) is 19.8 Å². The van der Waals surface area contributed by atoms with Gasteiger partial charge in [0, 0.05) is 12.7 Å². The molecule has 0 saturated heterocycles. The molecule has 0 aliphatic carbocycles. The predicted molar refractivity (Wildman–Crippen MR) is 87.0 cm³/mol. The van der Waals surface area contributed by atoms with E-state index in [1.165, 1.54) is 0 Å². The van der Waals surface area contributed by atoms with Crippen molar-refractivity contribution in [2.45, 2.75) is 33.6 Å². The van der Waals surface area contributed by atoms with E-state index in [-0.39, 0.29) is 19.0 Å². The second kappa shape index (κ2) is 13.9. The second-order valence-corrected chi connectivity index (χ2v) is 6.32. The Balaban J connectivity index is 4.30. The van der Waals surface area contributed by atoms with Crippen LogP contribution in [-0.4, -0.2) is 67.4 Å². The predicted octanol–water partition coefficient (Wildman–Crippen LogP) is 1.67. The molecule has 0 radical (unpaired) electrons. The molecule has 1 amide bonds. The summed E-state index contributed by atoms with van der Waals surface area (Å²) in [5.41, 5.74) is 0. The lowest BCUT2D eigenvalue weighted by Crippen LogP contribution is -2.40. The summed E-state index contributed by atoms with van der Waals surface area (Å²) < 4.78 is 11.1. The highest BCUT2D eigenvalue weighted by Crippen LogP contribution is 2.37. The summed E-state index contributed by atoms with van der Waals surface area (Å²) in [6, 6.07) is 0. The molecule has 7 nitrogen and oxygen atoms in total. The van der Waals surface area contributed by atoms with Crippen molar-refractivity contribution in [3.05, 3.63) is 0 Å². The molecule has 2 N–H and O–H groups in total. The van der Waals surface area contributed by atoms with E-state index in [0.717, 1.165) is 25.5 Å². The lowest BCUT2D eigenvalue weighted by atomic mass is 10.3. The largest absolute Gasteiger partial charge is 0.480 e. The molecular weight excluding hydrogens is 307 g/mol. The van der Waals surface area contributed by atoms with Crippen molar-refractivity contribution in [2.24, 2.45) is 0 Å². The molecule has 0 saturated carbocycles. The summed E-state index contributed by atoms with van der Waals surface area (Å²) in [5, 5.41) is 11.0. The van der Waals surface area contributed by atoms with Crippen LogP contribution in [0.5, 0.6) is 0 Å². The molecule has 0 unspecified atom stereocenters. The fraction of sp³-hybridized carbons (Fsp3) is 0.857. The van der Waals surface area contributed by atoms with Crippen molar-refractivity contribution < 1.29 is 23.7 Å². The van der Waals surface area contributed by atoms with Gasteiger partial charge in [0.2, 0.25) is 5.91 Å². The summed E-state index contributed by atoms with van der Waals surface area (Å²) in [6.45, 7) is 8.55. The van der Waals surface area contributed by atoms with Crippen molar-refractivity contribution >= 4 is 20.3 Å². The van der Waals surface area contributed by atoms with Gasteiger partial charge in [0.05, 0.1) is 19.8 Å². The Morgan fingerprint density at radius 1 is 1.14 bits per heavy atom. The molecule has 0 aromatic carbocycles. The lowest BCUT2D eigenvalue weighted by Gasteiger charge is -2.24. The van der Waals surface area contributed by atoms with E-state index in [9.17, 15) is 9.59 Å². The number of hydrogen-bond acceptors (Lipinski definition) is 5. The first-order chi connectivity index (χ1) is 10.5. The smallest absolute Gasteiger partial charge is 0.322 e. The molecule has 0 spiro atoms. The molecule has 0 atom stereocenters. The standard InChI is InChI=1S/C14H29N2O5P/c1-4-7-8-16(12-13(17)15-11-14(18)19)9-10-22(20-5-2)21-6-3/h4-12H2,1-3H3,(H,15,17)(H,18,19). The Bertz CT molecular complexity index is 312. The first-order valence-corrected chi connectivity index (χ1v) is 9.13. The highest BCUT2D eigenvalue weighted by Gasteiger charge is 2.15. The van der Waals surface area contributed by atoms with Gasteiger partial charge in [0.15, 0.2) is 8.38 Å². The Morgan fingerprint density at radius 3 is 2.27 bits per heavy atom. The van der Waals surface area contributed by atoms with Crippen molar-refractivity contribution in [2.75, 3.05) is 45.6 Å². The summed E-state index contributed by atoms with van der Waals surface area (Å²) >= 11 is 0. The average molecular weight is 336 g/mol. The van der Waals surface area contributed by atoms with Crippen LogP contribution in [0.2, 0.25) is 0 Å². The van der Waals surface area contributed by atoms with E-state index < -0.39 is 14.3 Å². The number of unbranched alkanes of at least 4 members (excludes halogenated alkanes) is 1. The van der Waals surface area contributed by atoms with Gasteiger partial charge in [-0.25, -0.2) is 0 Å². The molecule has 0 bridgehead atoms. The third kappa shape index (κ3) is 11.9. The van der Waals surface area contributed by atoms with Gasteiger partial charge in [-0.3, -0.25) is 14.5 Å². The van der Waals surface area contributed by atoms with Gasteiger partial charge in [-0.15, -0.1) is 0 Å². The van der Waals surface area contributed by atoms with Gasteiger partial charge < -0.3 is 19.5 Å². The Hall–Kier alpha value is -0.750. The number of carboxylic acid groups (broad SMARTS) is 1. The van der Waals surface area contributed by atoms with Crippen molar-refractivity contribution in [1.82, 2.24) is 10.2 Å². The van der Waals surface area contributed by atoms with Gasteiger partial charge in [0.25, 0.3) is 0 Å². The summed E-state index contributed by atoms with van der Waals surface area (Å²) in [4.78, 5) is 24.2. The van der Waals surface area contributed by atoms with E-state index >= 15 is 0 Å². The van der Waals surface area contributed by atoms with Crippen LogP contribution in [0.3, 0.4) is 0 Å². The van der Waals surface area contributed by atoms with E-state index in [2.05, 4.69) is 12.2 Å². The molecule has 8 heteroatoms. The number of carbonyl (C=O) groups is 2. The Labute approximate surface area is 134 Å². The van der Waals surface area contributed by atoms with Gasteiger partial charge in [-0.1, -0.05) is 13.3 Å². The number of aliphatic carboxylic acids is 1. The molecule has 0 aromatic rings.